The van der Waals surface area contributed by atoms with Gasteiger partial charge in [0.15, 0.2) is 0 Å². The van der Waals surface area contributed by atoms with Gasteiger partial charge < -0.3 is 31.1 Å². The maximum atomic E-state index is 14.1. The van der Waals surface area contributed by atoms with Crippen LogP contribution in [0.5, 0.6) is 0 Å². The summed E-state index contributed by atoms with van der Waals surface area (Å²) < 4.78 is 6.32. The Morgan fingerprint density at radius 3 is 1.90 bits per heavy atom. The highest BCUT2D eigenvalue weighted by atomic mass is 16.6. The molecule has 1 aliphatic heterocycles. The molecule has 1 saturated heterocycles. The molecule has 1 aromatic rings. The van der Waals surface area contributed by atoms with Crippen molar-refractivity contribution in [3.05, 3.63) is 35.4 Å². The lowest BCUT2D eigenvalue weighted by molar-refractivity contribution is -0.278. The van der Waals surface area contributed by atoms with Crippen molar-refractivity contribution in [2.24, 2.45) is 5.73 Å². The van der Waals surface area contributed by atoms with Crippen LogP contribution in [0.4, 0.5) is 0 Å². The molecule has 282 valence electrons. The first-order chi connectivity index (χ1) is 23.7. The van der Waals surface area contributed by atoms with Crippen molar-refractivity contribution in [3.63, 3.8) is 0 Å². The molecule has 9 nitrogen and oxygen atoms in total. The minimum Gasteiger partial charge on any atom is -0.394 e. The fourth-order valence-electron chi connectivity index (χ4n) is 6.98. The van der Waals surface area contributed by atoms with Gasteiger partial charge in [-0.1, -0.05) is 141 Å². The first kappa shape index (κ1) is 43.1. The molecule has 1 aliphatic rings. The lowest BCUT2D eigenvalue weighted by atomic mass is 9.95. The van der Waals surface area contributed by atoms with E-state index in [1.54, 1.807) is 17.0 Å². The Morgan fingerprint density at radius 2 is 1.37 bits per heavy atom. The molecule has 2 rings (SSSR count). The second-order valence-electron chi connectivity index (χ2n) is 14.5. The first-order valence-electron chi connectivity index (χ1n) is 19.8. The number of nitrogens with one attached hydrogen (secondary N) is 1. The Hall–Kier alpha value is -2.04. The number of carbonyl (C=O) groups excluding carboxylic acids is 2. The molecule has 1 fully saturated rings. The predicted octanol–water partition coefficient (Wildman–Crippen LogP) is 7.13. The molecule has 1 aromatic carbocycles. The van der Waals surface area contributed by atoms with E-state index in [2.05, 4.69) is 19.2 Å². The zero-order valence-corrected chi connectivity index (χ0v) is 31.2. The molecule has 0 spiro atoms. The van der Waals surface area contributed by atoms with Gasteiger partial charge in [0.25, 0.3) is 5.91 Å². The van der Waals surface area contributed by atoms with Crippen LogP contribution >= 0.6 is 0 Å². The SMILES string of the molecule is CCCCCCCCCCCCN(C(=O)CCCCCCCCCCC)[C@@]1(NC(=O)c2ccccc2C[C@@H](C)N)C[C@@H](O)[C@H](O)[C@@H](CO)O1. The number of carbonyl (C=O) groups is 2. The quantitative estimate of drug-likeness (QED) is 0.0488. The first-order valence-corrected chi connectivity index (χ1v) is 19.8. The molecule has 49 heavy (non-hydrogen) atoms. The fraction of sp³-hybridized carbons (Fsp3) is 0.800. The number of aliphatic hydroxyl groups excluding tert-OH is 3. The Morgan fingerprint density at radius 1 is 0.857 bits per heavy atom. The van der Waals surface area contributed by atoms with E-state index < -0.39 is 36.7 Å². The summed E-state index contributed by atoms with van der Waals surface area (Å²) in [6.07, 6.45) is 18.3. The van der Waals surface area contributed by atoms with Crippen LogP contribution in [0.3, 0.4) is 0 Å². The summed E-state index contributed by atoms with van der Waals surface area (Å²) in [6.45, 7) is 6.08. The van der Waals surface area contributed by atoms with Gasteiger partial charge in [0.1, 0.15) is 12.2 Å². The largest absolute Gasteiger partial charge is 0.394 e. The summed E-state index contributed by atoms with van der Waals surface area (Å²) in [4.78, 5) is 29.7. The summed E-state index contributed by atoms with van der Waals surface area (Å²) in [6, 6.07) is 7.04. The molecule has 0 aromatic heterocycles. The van der Waals surface area contributed by atoms with Gasteiger partial charge in [-0.3, -0.25) is 14.5 Å². The molecule has 0 bridgehead atoms. The topological polar surface area (TPSA) is 145 Å². The van der Waals surface area contributed by atoms with Crippen LogP contribution in [0.1, 0.15) is 172 Å². The van der Waals surface area contributed by atoms with Crippen LogP contribution in [-0.4, -0.2) is 75.4 Å². The van der Waals surface area contributed by atoms with Gasteiger partial charge in [-0.15, -0.1) is 0 Å². The van der Waals surface area contributed by atoms with Gasteiger partial charge in [-0.2, -0.15) is 0 Å². The standard InChI is InChI=1S/C40H71N3O6/c1-4-6-8-10-12-14-16-18-20-24-28-43(37(46)27-21-19-17-15-13-11-9-7-5-2)40(30-35(45)38(47)36(31-44)49-40)42-39(48)34-26-23-22-25-33(34)29-32(3)41/h22-23,25-26,32,35-36,38,44-45,47H,4-21,24,27-31,41H2,1-3H3,(H,42,48)/t32-,35-,36-,38+,40+/m1/s1. The molecule has 9 heteroatoms. The minimum absolute atomic E-state index is 0.164. The lowest BCUT2D eigenvalue weighted by Crippen LogP contribution is -2.71. The number of rotatable bonds is 27. The third-order valence-corrected chi connectivity index (χ3v) is 9.87. The fourth-order valence-corrected chi connectivity index (χ4v) is 6.98. The molecular weight excluding hydrogens is 618 g/mol. The van der Waals surface area contributed by atoms with Crippen molar-refractivity contribution in [1.29, 1.82) is 0 Å². The van der Waals surface area contributed by atoms with E-state index >= 15 is 0 Å². The van der Waals surface area contributed by atoms with Crippen molar-refractivity contribution in [3.8, 4) is 0 Å². The van der Waals surface area contributed by atoms with Crippen LogP contribution in [-0.2, 0) is 16.0 Å². The summed E-state index contributed by atoms with van der Waals surface area (Å²) >= 11 is 0. The molecule has 0 radical (unpaired) electrons. The van der Waals surface area contributed by atoms with Gasteiger partial charge in [0.05, 0.1) is 12.7 Å². The van der Waals surface area contributed by atoms with E-state index in [4.69, 9.17) is 10.5 Å². The van der Waals surface area contributed by atoms with Crippen molar-refractivity contribution in [1.82, 2.24) is 10.2 Å². The van der Waals surface area contributed by atoms with Crippen LogP contribution in [0.15, 0.2) is 24.3 Å². The van der Waals surface area contributed by atoms with E-state index in [-0.39, 0.29) is 24.8 Å². The normalized spacial score (nSPS) is 21.4. The average Bonchev–Trinajstić information content (AvgIpc) is 3.07. The monoisotopic (exact) mass is 690 g/mol. The van der Waals surface area contributed by atoms with Crippen LogP contribution in [0.25, 0.3) is 0 Å². The Kier molecular flexibility index (Phi) is 22.0. The van der Waals surface area contributed by atoms with Gasteiger partial charge in [0.2, 0.25) is 11.8 Å². The van der Waals surface area contributed by atoms with E-state index in [9.17, 15) is 24.9 Å². The third-order valence-electron chi connectivity index (χ3n) is 9.87. The highest BCUT2D eigenvalue weighted by Crippen LogP contribution is 2.33. The van der Waals surface area contributed by atoms with Crippen molar-refractivity contribution in [2.75, 3.05) is 13.2 Å². The zero-order valence-electron chi connectivity index (χ0n) is 31.2. The lowest BCUT2D eigenvalue weighted by Gasteiger charge is -2.50. The highest BCUT2D eigenvalue weighted by molar-refractivity contribution is 5.96. The smallest absolute Gasteiger partial charge is 0.255 e. The molecular formula is C40H71N3O6. The van der Waals surface area contributed by atoms with Crippen LogP contribution in [0, 0.1) is 0 Å². The third kappa shape index (κ3) is 15.8. The number of hydrogen-bond donors (Lipinski definition) is 5. The number of benzene rings is 1. The minimum atomic E-state index is -1.74. The molecule has 5 atom stereocenters. The Labute approximate surface area is 297 Å². The number of nitrogens with zero attached hydrogens (tertiary/aromatic N) is 1. The molecule has 0 unspecified atom stereocenters. The number of hydrogen-bond acceptors (Lipinski definition) is 7. The summed E-state index contributed by atoms with van der Waals surface area (Å²) in [7, 11) is 0. The Balaban J connectivity index is 2.23. The molecule has 1 heterocycles. The van der Waals surface area contributed by atoms with Crippen molar-refractivity contribution in [2.45, 2.75) is 192 Å². The summed E-state index contributed by atoms with van der Waals surface area (Å²) in [5, 5.41) is 34.9. The van der Waals surface area contributed by atoms with E-state index in [1.807, 2.05) is 19.1 Å². The zero-order chi connectivity index (χ0) is 35.9. The van der Waals surface area contributed by atoms with E-state index in [1.165, 1.54) is 70.6 Å². The van der Waals surface area contributed by atoms with Gasteiger partial charge in [-0.05, 0) is 37.8 Å². The summed E-state index contributed by atoms with van der Waals surface area (Å²) in [5.74, 6) is -2.36. The second kappa shape index (κ2) is 25.0. The van der Waals surface area contributed by atoms with E-state index in [0.717, 1.165) is 50.5 Å². The highest BCUT2D eigenvalue weighted by Gasteiger charge is 2.52. The molecule has 0 aliphatic carbocycles. The maximum Gasteiger partial charge on any atom is 0.255 e. The predicted molar refractivity (Wildman–Crippen MR) is 198 cm³/mol. The van der Waals surface area contributed by atoms with Crippen molar-refractivity contribution >= 4 is 11.8 Å². The molecule has 2 amide bonds. The molecule has 0 saturated carbocycles. The van der Waals surface area contributed by atoms with Crippen LogP contribution < -0.4 is 11.1 Å². The number of nitrogens with two attached hydrogens (primary N) is 1. The van der Waals surface area contributed by atoms with Gasteiger partial charge >= 0.3 is 0 Å². The number of unbranched alkanes of at least 4 members (excludes halogenated alkanes) is 17. The van der Waals surface area contributed by atoms with E-state index in [0.29, 0.717) is 24.9 Å². The van der Waals surface area contributed by atoms with Crippen molar-refractivity contribution < 1.29 is 29.6 Å². The maximum absolute atomic E-state index is 14.1. The summed E-state index contributed by atoms with van der Waals surface area (Å²) in [5.41, 5.74) is 7.27. The Bertz CT molecular complexity index is 1040. The average molecular weight is 690 g/mol. The number of amides is 2. The van der Waals surface area contributed by atoms with Gasteiger partial charge in [-0.25, -0.2) is 0 Å². The number of aliphatic hydroxyl groups is 3. The van der Waals surface area contributed by atoms with Crippen LogP contribution in [0.2, 0.25) is 0 Å². The second-order valence-corrected chi connectivity index (χ2v) is 14.5. The number of ether oxygens (including phenoxy) is 1. The van der Waals surface area contributed by atoms with Gasteiger partial charge in [0, 0.05) is 31.0 Å². The molecule has 6 N–H and O–H groups in total.